The van der Waals surface area contributed by atoms with Crippen molar-refractivity contribution in [3.05, 3.63) is 45.0 Å². The van der Waals surface area contributed by atoms with Gasteiger partial charge in [0.2, 0.25) is 5.91 Å². The minimum atomic E-state index is -0.468. The second-order valence-electron chi connectivity index (χ2n) is 6.60. The summed E-state index contributed by atoms with van der Waals surface area (Å²) in [5, 5.41) is 11.1. The van der Waals surface area contributed by atoms with Crippen LogP contribution in [0.25, 0.3) is 6.08 Å². The molecule has 2 saturated heterocycles. The number of hydrogen-bond donors (Lipinski definition) is 0. The Morgan fingerprint density at radius 3 is 2.64 bits per heavy atom. The Hall–Kier alpha value is -1.92. The molecule has 0 N–H and O–H groups in total. The Balaban J connectivity index is 1.63. The Kier molecular flexibility index (Phi) is 5.39. The van der Waals surface area contributed by atoms with Gasteiger partial charge in [0.05, 0.1) is 4.92 Å². The molecule has 2 bridgehead atoms. The molecule has 0 radical (unpaired) electrons. The van der Waals surface area contributed by atoms with Gasteiger partial charge in [-0.15, -0.1) is 0 Å². The highest BCUT2D eigenvalue weighted by Crippen LogP contribution is 2.30. The van der Waals surface area contributed by atoms with Gasteiger partial charge in [-0.25, -0.2) is 0 Å². The molecular weight excluding hydrogens is 342 g/mol. The number of likely N-dealkylation sites (tertiary alicyclic amines) is 1. The lowest BCUT2D eigenvalue weighted by atomic mass is 10.1. The fourth-order valence-corrected chi connectivity index (χ4v) is 3.99. The summed E-state index contributed by atoms with van der Waals surface area (Å²) in [5.41, 5.74) is 0.693. The van der Waals surface area contributed by atoms with Crippen molar-refractivity contribution < 1.29 is 9.72 Å². The number of nitrogens with zero attached hydrogens (tertiary/aromatic N) is 3. The molecule has 2 aliphatic rings. The third-order valence-corrected chi connectivity index (χ3v) is 5.40. The summed E-state index contributed by atoms with van der Waals surface area (Å²) in [7, 11) is 0. The fourth-order valence-electron chi connectivity index (χ4n) is 3.80. The van der Waals surface area contributed by atoms with Gasteiger partial charge >= 0.3 is 0 Å². The molecule has 0 aromatic heterocycles. The van der Waals surface area contributed by atoms with E-state index in [1.807, 2.05) is 24.0 Å². The molecule has 2 heterocycles. The van der Waals surface area contributed by atoms with Crippen LogP contribution in [0.15, 0.2) is 24.3 Å². The molecule has 1 aromatic carbocycles. The highest BCUT2D eigenvalue weighted by molar-refractivity contribution is 6.32. The second-order valence-corrected chi connectivity index (χ2v) is 7.01. The summed E-state index contributed by atoms with van der Waals surface area (Å²) in [6.45, 7) is 4.32. The maximum absolute atomic E-state index is 11.9. The highest BCUT2D eigenvalue weighted by atomic mass is 35.5. The molecule has 6 nitrogen and oxygen atoms in total. The van der Waals surface area contributed by atoms with E-state index in [0.29, 0.717) is 18.5 Å². The van der Waals surface area contributed by atoms with Crippen LogP contribution in [-0.2, 0) is 4.79 Å². The van der Waals surface area contributed by atoms with Crippen LogP contribution < -0.4 is 0 Å². The molecular formula is C18H22ClN3O3. The van der Waals surface area contributed by atoms with Crippen LogP contribution in [-0.4, -0.2) is 52.3 Å². The number of benzene rings is 1. The van der Waals surface area contributed by atoms with Crippen molar-refractivity contribution >= 4 is 29.3 Å². The zero-order valence-electron chi connectivity index (χ0n) is 14.2. The van der Waals surface area contributed by atoms with Crippen LogP contribution in [0.3, 0.4) is 0 Å². The molecule has 134 valence electrons. The van der Waals surface area contributed by atoms with Gasteiger partial charge in [0.25, 0.3) is 5.69 Å². The van der Waals surface area contributed by atoms with Gasteiger partial charge in [-0.1, -0.05) is 36.7 Å². The number of nitro groups is 1. The van der Waals surface area contributed by atoms with Crippen LogP contribution in [0.4, 0.5) is 5.69 Å². The average molecular weight is 364 g/mol. The van der Waals surface area contributed by atoms with Gasteiger partial charge in [-0.3, -0.25) is 19.8 Å². The minimum absolute atomic E-state index is 0.0735. The summed E-state index contributed by atoms with van der Waals surface area (Å²) in [4.78, 5) is 26.9. The lowest BCUT2D eigenvalue weighted by Gasteiger charge is -2.40. The maximum atomic E-state index is 11.9. The number of halogens is 1. The van der Waals surface area contributed by atoms with Crippen LogP contribution in [0.5, 0.6) is 0 Å². The summed E-state index contributed by atoms with van der Waals surface area (Å²) < 4.78 is 0. The van der Waals surface area contributed by atoms with E-state index in [9.17, 15) is 14.9 Å². The number of amides is 1. The quantitative estimate of drug-likeness (QED) is 0.594. The Labute approximate surface area is 152 Å². The summed E-state index contributed by atoms with van der Waals surface area (Å²) in [5.74, 6) is 0.237. The van der Waals surface area contributed by atoms with Gasteiger partial charge < -0.3 is 4.90 Å². The molecule has 0 spiro atoms. The van der Waals surface area contributed by atoms with Crippen molar-refractivity contribution in [1.82, 2.24) is 9.80 Å². The van der Waals surface area contributed by atoms with Gasteiger partial charge in [0.1, 0.15) is 5.02 Å². The molecule has 0 aliphatic carbocycles. The van der Waals surface area contributed by atoms with Crippen LogP contribution in [0.1, 0.15) is 31.7 Å². The zero-order chi connectivity index (χ0) is 18.0. The fraction of sp³-hybridized carbons (Fsp3) is 0.500. The van der Waals surface area contributed by atoms with Crippen molar-refractivity contribution in [1.29, 1.82) is 0 Å². The smallest absolute Gasteiger partial charge is 0.288 e. The summed E-state index contributed by atoms with van der Waals surface area (Å²) in [6.07, 6.45) is 6.74. The second kappa shape index (κ2) is 7.54. The normalized spacial score (nSPS) is 23.4. The Morgan fingerprint density at radius 2 is 2.04 bits per heavy atom. The molecule has 3 rings (SSSR count). The van der Waals surface area contributed by atoms with Gasteiger partial charge in [0.15, 0.2) is 0 Å². The number of fused-ring (bicyclic) bond motifs is 2. The van der Waals surface area contributed by atoms with Crippen LogP contribution >= 0.6 is 11.6 Å². The third-order valence-electron chi connectivity index (χ3n) is 5.08. The summed E-state index contributed by atoms with van der Waals surface area (Å²) in [6, 6.07) is 5.65. The molecule has 0 saturated carbocycles. The van der Waals surface area contributed by atoms with Crippen molar-refractivity contribution in [2.75, 3.05) is 19.6 Å². The molecule has 0 unspecified atom stereocenters. The molecule has 2 atom stereocenters. The largest absolute Gasteiger partial charge is 0.340 e. The first-order valence-electron chi connectivity index (χ1n) is 8.63. The van der Waals surface area contributed by atoms with E-state index in [0.717, 1.165) is 38.0 Å². The first-order chi connectivity index (χ1) is 12.0. The van der Waals surface area contributed by atoms with Gasteiger partial charge in [-0.05, 0) is 24.5 Å². The van der Waals surface area contributed by atoms with Crippen molar-refractivity contribution in [3.8, 4) is 0 Å². The average Bonchev–Trinajstić information content (AvgIpc) is 2.83. The number of carbonyl (C=O) groups excluding carboxylic acids is 1. The number of rotatable bonds is 5. The van der Waals surface area contributed by atoms with E-state index in [2.05, 4.69) is 4.90 Å². The number of carbonyl (C=O) groups is 1. The van der Waals surface area contributed by atoms with Crippen molar-refractivity contribution in [2.45, 2.75) is 38.3 Å². The van der Waals surface area contributed by atoms with E-state index in [1.54, 1.807) is 12.1 Å². The predicted molar refractivity (Wildman–Crippen MR) is 97.5 cm³/mol. The molecule has 2 fully saturated rings. The highest BCUT2D eigenvalue weighted by Gasteiger charge is 2.40. The predicted octanol–water partition coefficient (Wildman–Crippen LogP) is 3.35. The van der Waals surface area contributed by atoms with Crippen LogP contribution in [0.2, 0.25) is 5.02 Å². The SMILES string of the molecule is CCC(=O)N1C[C@H]2CC[C@@H](C1)N2C/C=C/c1ccc(Cl)c([N+](=O)[O-])c1. The Bertz CT molecular complexity index is 693. The minimum Gasteiger partial charge on any atom is -0.340 e. The summed E-state index contributed by atoms with van der Waals surface area (Å²) >= 11 is 5.84. The number of hydrogen-bond acceptors (Lipinski definition) is 4. The third kappa shape index (κ3) is 3.85. The van der Waals surface area contributed by atoms with E-state index in [4.69, 9.17) is 11.6 Å². The van der Waals surface area contributed by atoms with E-state index < -0.39 is 4.92 Å². The standard InChI is InChI=1S/C18H22ClN3O3/c1-2-18(23)20-11-14-6-7-15(12-20)21(14)9-3-4-13-5-8-16(19)17(10-13)22(24)25/h3-5,8,10,14-15H,2,6-7,9,11-12H2,1H3/b4-3+/t14-,15+. The Morgan fingerprint density at radius 1 is 1.36 bits per heavy atom. The first-order valence-corrected chi connectivity index (χ1v) is 9.01. The molecule has 7 heteroatoms. The van der Waals surface area contributed by atoms with E-state index >= 15 is 0 Å². The van der Waals surface area contributed by atoms with Gasteiger partial charge in [0, 0.05) is 44.2 Å². The molecule has 1 amide bonds. The lowest BCUT2D eigenvalue weighted by molar-refractivity contribution is -0.384. The molecule has 2 aliphatic heterocycles. The monoisotopic (exact) mass is 363 g/mol. The van der Waals surface area contributed by atoms with Gasteiger partial charge in [-0.2, -0.15) is 0 Å². The maximum Gasteiger partial charge on any atom is 0.288 e. The van der Waals surface area contributed by atoms with E-state index in [-0.39, 0.29) is 16.6 Å². The molecule has 1 aromatic rings. The first kappa shape index (κ1) is 17.9. The number of nitro benzene ring substituents is 1. The van der Waals surface area contributed by atoms with E-state index in [1.165, 1.54) is 6.07 Å². The number of piperazine rings is 1. The topological polar surface area (TPSA) is 66.7 Å². The van der Waals surface area contributed by atoms with Crippen molar-refractivity contribution in [2.24, 2.45) is 0 Å². The molecule has 25 heavy (non-hydrogen) atoms. The zero-order valence-corrected chi connectivity index (χ0v) is 15.0. The lowest BCUT2D eigenvalue weighted by Crippen LogP contribution is -2.55. The van der Waals surface area contributed by atoms with Crippen LogP contribution in [0, 0.1) is 10.1 Å². The van der Waals surface area contributed by atoms with Crippen molar-refractivity contribution in [3.63, 3.8) is 0 Å².